The van der Waals surface area contributed by atoms with Gasteiger partial charge in [-0.2, -0.15) is 11.8 Å². The van der Waals surface area contributed by atoms with E-state index in [2.05, 4.69) is 15.9 Å². The molecule has 0 bridgehead atoms. The Morgan fingerprint density at radius 1 is 1.36 bits per heavy atom. The molecule has 0 unspecified atom stereocenters. The van der Waals surface area contributed by atoms with Gasteiger partial charge in [0.15, 0.2) is 17.1 Å². The molecule has 2 heterocycles. The summed E-state index contributed by atoms with van der Waals surface area (Å²) >= 11 is 10.5. The van der Waals surface area contributed by atoms with Gasteiger partial charge in [0.25, 0.3) is 0 Å². The van der Waals surface area contributed by atoms with Crippen molar-refractivity contribution in [1.29, 1.82) is 0 Å². The van der Waals surface area contributed by atoms with Crippen LogP contribution < -0.4 is 4.90 Å². The van der Waals surface area contributed by atoms with Gasteiger partial charge in [0.2, 0.25) is 0 Å². The van der Waals surface area contributed by atoms with Crippen LogP contribution in [-0.2, 0) is 4.74 Å². The summed E-state index contributed by atoms with van der Waals surface area (Å²) in [7, 11) is 1.70. The molecular formula is C14H18BrNO4S2. The van der Waals surface area contributed by atoms with Gasteiger partial charge in [-0.05, 0) is 15.9 Å². The van der Waals surface area contributed by atoms with Crippen LogP contribution in [0.15, 0.2) is 25.6 Å². The van der Waals surface area contributed by atoms with Crippen LogP contribution in [0, 0.1) is 4.51 Å². The highest BCUT2D eigenvalue weighted by Gasteiger charge is 2.14. The summed E-state index contributed by atoms with van der Waals surface area (Å²) in [6.45, 7) is 2.03. The zero-order valence-electron chi connectivity index (χ0n) is 12.2. The third-order valence-corrected chi connectivity index (χ3v) is 4.78. The molecule has 5 nitrogen and oxygen atoms in total. The van der Waals surface area contributed by atoms with E-state index in [0.29, 0.717) is 28.1 Å². The van der Waals surface area contributed by atoms with Gasteiger partial charge in [-0.3, -0.25) is 0 Å². The quantitative estimate of drug-likeness (QED) is 0.502. The number of ether oxygens (including phenoxy) is 1. The summed E-state index contributed by atoms with van der Waals surface area (Å²) in [5.74, 6) is 2.50. The molecule has 8 heteroatoms. The first kappa shape index (κ1) is 17.8. The van der Waals surface area contributed by atoms with Crippen LogP contribution in [0.5, 0.6) is 0 Å². The van der Waals surface area contributed by atoms with Crippen LogP contribution in [0.1, 0.15) is 0 Å². The van der Waals surface area contributed by atoms with Gasteiger partial charge in [-0.1, -0.05) is 12.2 Å². The number of aliphatic hydroxyl groups is 1. The van der Waals surface area contributed by atoms with E-state index in [1.54, 1.807) is 31.2 Å². The standard InChI is InChI=1S/C14H18BrNO4S2/c1-18-5-7-22-6-3-16(2-4-17)12-8-11(21)14-13(20-12)10(15)9-19-14/h8-9,17H,2-7H2,1H3. The van der Waals surface area contributed by atoms with Gasteiger partial charge in [0.05, 0.1) is 22.2 Å². The summed E-state index contributed by atoms with van der Waals surface area (Å²) in [4.78, 5) is 1.98. The van der Waals surface area contributed by atoms with E-state index in [-0.39, 0.29) is 6.61 Å². The first-order valence-corrected chi connectivity index (χ1v) is 9.16. The Bertz CT molecular complexity index is 658. The molecule has 0 saturated heterocycles. The van der Waals surface area contributed by atoms with E-state index >= 15 is 0 Å². The number of hydrogen-bond donors (Lipinski definition) is 1. The van der Waals surface area contributed by atoms with Crippen molar-refractivity contribution in [2.45, 2.75) is 0 Å². The summed E-state index contributed by atoms with van der Waals surface area (Å²) in [6.07, 6.45) is 1.56. The Morgan fingerprint density at radius 3 is 2.91 bits per heavy atom. The lowest BCUT2D eigenvalue weighted by molar-refractivity contribution is 0.218. The third kappa shape index (κ3) is 4.48. The number of halogens is 1. The Hall–Kier alpha value is -0.540. The Morgan fingerprint density at radius 2 is 2.18 bits per heavy atom. The van der Waals surface area contributed by atoms with Gasteiger partial charge >= 0.3 is 0 Å². The summed E-state index contributed by atoms with van der Waals surface area (Å²) in [5, 5.41) is 9.27. The fourth-order valence-electron chi connectivity index (χ4n) is 1.93. The fourth-order valence-corrected chi connectivity index (χ4v) is 3.36. The van der Waals surface area contributed by atoms with E-state index in [1.807, 2.05) is 4.90 Å². The number of furan rings is 1. The maximum atomic E-state index is 9.27. The zero-order valence-corrected chi connectivity index (χ0v) is 15.4. The number of nitrogens with zero attached hydrogens (tertiary/aromatic N) is 1. The number of thioether (sulfide) groups is 1. The molecule has 0 fully saturated rings. The van der Waals surface area contributed by atoms with Gasteiger partial charge in [-0.25, -0.2) is 0 Å². The van der Waals surface area contributed by atoms with E-state index in [0.717, 1.165) is 29.1 Å². The van der Waals surface area contributed by atoms with E-state index in [1.165, 1.54) is 0 Å². The van der Waals surface area contributed by atoms with Crippen LogP contribution in [0.25, 0.3) is 11.2 Å². The molecule has 2 aromatic rings. The van der Waals surface area contributed by atoms with Crippen LogP contribution in [0.4, 0.5) is 5.88 Å². The van der Waals surface area contributed by atoms with Crippen molar-refractivity contribution in [2.24, 2.45) is 0 Å². The largest absolute Gasteiger partial charge is 0.458 e. The van der Waals surface area contributed by atoms with Crippen molar-refractivity contribution in [3.63, 3.8) is 0 Å². The molecular weight excluding hydrogens is 390 g/mol. The first-order valence-electron chi connectivity index (χ1n) is 6.80. The third-order valence-electron chi connectivity index (χ3n) is 3.01. The second kappa shape index (κ2) is 8.93. The van der Waals surface area contributed by atoms with Crippen LogP contribution in [0.3, 0.4) is 0 Å². The Kier molecular flexibility index (Phi) is 7.23. The lowest BCUT2D eigenvalue weighted by Crippen LogP contribution is -2.29. The highest BCUT2D eigenvalue weighted by molar-refractivity contribution is 9.10. The molecule has 0 radical (unpaired) electrons. The molecule has 22 heavy (non-hydrogen) atoms. The number of hydrogen-bond acceptors (Lipinski definition) is 7. The van der Waals surface area contributed by atoms with Crippen LogP contribution >= 0.6 is 39.9 Å². The van der Waals surface area contributed by atoms with E-state index in [4.69, 9.17) is 25.8 Å². The molecule has 0 amide bonds. The van der Waals surface area contributed by atoms with Crippen molar-refractivity contribution in [3.8, 4) is 0 Å². The first-order chi connectivity index (χ1) is 10.7. The molecule has 0 atom stereocenters. The van der Waals surface area contributed by atoms with Crippen LogP contribution in [-0.4, -0.2) is 50.0 Å². The number of fused-ring (bicyclic) bond motifs is 1. The van der Waals surface area contributed by atoms with Crippen molar-refractivity contribution in [2.75, 3.05) is 49.8 Å². The predicted octanol–water partition coefficient (Wildman–Crippen LogP) is 3.70. The molecule has 122 valence electrons. The molecule has 2 rings (SSSR count). The molecule has 0 aromatic carbocycles. The SMILES string of the molecule is COCCSCCN(CCO)c1cc(=S)c2occ(Br)c2o1. The number of anilines is 1. The maximum Gasteiger partial charge on any atom is 0.197 e. The van der Waals surface area contributed by atoms with Gasteiger partial charge in [0.1, 0.15) is 6.26 Å². The smallest absolute Gasteiger partial charge is 0.197 e. The minimum absolute atomic E-state index is 0.0512. The molecule has 0 aliphatic carbocycles. The average Bonchev–Trinajstić information content (AvgIpc) is 2.88. The second-order valence-electron chi connectivity index (χ2n) is 4.51. The Labute approximate surface area is 146 Å². The highest BCUT2D eigenvalue weighted by Crippen LogP contribution is 2.31. The summed E-state index contributed by atoms with van der Waals surface area (Å²) in [5.41, 5.74) is 1.15. The number of aliphatic hydroxyl groups excluding tert-OH is 1. The van der Waals surface area contributed by atoms with Crippen molar-refractivity contribution < 1.29 is 18.7 Å². The van der Waals surface area contributed by atoms with Gasteiger partial charge in [0, 0.05) is 37.8 Å². The number of rotatable bonds is 9. The molecule has 0 spiro atoms. The summed E-state index contributed by atoms with van der Waals surface area (Å²) < 4.78 is 17.6. The van der Waals surface area contributed by atoms with E-state index < -0.39 is 0 Å². The zero-order chi connectivity index (χ0) is 15.9. The average molecular weight is 408 g/mol. The highest BCUT2D eigenvalue weighted by atomic mass is 79.9. The monoisotopic (exact) mass is 407 g/mol. The second-order valence-corrected chi connectivity index (χ2v) is 7.03. The maximum absolute atomic E-state index is 9.27. The molecule has 2 aromatic heterocycles. The lowest BCUT2D eigenvalue weighted by atomic mass is 10.4. The molecule has 0 aliphatic rings. The normalized spacial score (nSPS) is 11.2. The molecule has 0 aliphatic heterocycles. The Balaban J connectivity index is 2.13. The lowest BCUT2D eigenvalue weighted by Gasteiger charge is -2.22. The molecule has 1 N–H and O–H groups in total. The van der Waals surface area contributed by atoms with Gasteiger partial charge < -0.3 is 23.6 Å². The van der Waals surface area contributed by atoms with Crippen molar-refractivity contribution in [3.05, 3.63) is 21.3 Å². The van der Waals surface area contributed by atoms with Gasteiger partial charge in [-0.15, -0.1) is 0 Å². The van der Waals surface area contributed by atoms with Crippen molar-refractivity contribution in [1.82, 2.24) is 0 Å². The van der Waals surface area contributed by atoms with Crippen LogP contribution in [0.2, 0.25) is 0 Å². The minimum atomic E-state index is 0.0512. The van der Waals surface area contributed by atoms with Crippen molar-refractivity contribution >= 4 is 57.0 Å². The molecule has 0 saturated carbocycles. The fraction of sp³-hybridized carbons (Fsp3) is 0.500. The predicted molar refractivity (Wildman–Crippen MR) is 95.5 cm³/mol. The topological polar surface area (TPSA) is 59.0 Å². The number of methoxy groups -OCH3 is 1. The minimum Gasteiger partial charge on any atom is -0.458 e. The summed E-state index contributed by atoms with van der Waals surface area (Å²) in [6, 6.07) is 1.77. The van der Waals surface area contributed by atoms with E-state index in [9.17, 15) is 5.11 Å².